The molecule has 0 aromatic heterocycles. The van der Waals surface area contributed by atoms with Crippen LogP contribution in [0.1, 0.15) is 10.4 Å². The Labute approximate surface area is 164 Å². The van der Waals surface area contributed by atoms with Gasteiger partial charge in [-0.3, -0.25) is 14.4 Å². The Morgan fingerprint density at radius 1 is 1.07 bits per heavy atom. The molecule has 2 rings (SSSR count). The lowest BCUT2D eigenvalue weighted by atomic mass is 10.2. The molecular weight excluding hydrogens is 390 g/mol. The molecule has 2 N–H and O–H groups in total. The van der Waals surface area contributed by atoms with Gasteiger partial charge in [-0.05, 0) is 24.3 Å². The normalized spacial score (nSPS) is 10.2. The molecule has 0 fully saturated rings. The zero-order valence-electron chi connectivity index (χ0n) is 15.3. The first-order chi connectivity index (χ1) is 13.9. The van der Waals surface area contributed by atoms with Crippen LogP contribution in [0.4, 0.5) is 14.5 Å². The molecule has 0 aliphatic heterocycles. The number of esters is 1. The molecule has 10 heteroatoms. The van der Waals surface area contributed by atoms with E-state index in [0.29, 0.717) is 11.4 Å². The predicted molar refractivity (Wildman–Crippen MR) is 98.0 cm³/mol. The minimum atomic E-state index is -3.10. The van der Waals surface area contributed by atoms with Gasteiger partial charge in [0.05, 0.1) is 12.7 Å². The van der Waals surface area contributed by atoms with Crippen LogP contribution in [0.3, 0.4) is 0 Å². The van der Waals surface area contributed by atoms with E-state index in [1.54, 1.807) is 24.3 Å². The molecule has 0 spiro atoms. The van der Waals surface area contributed by atoms with Crippen molar-refractivity contribution in [2.24, 2.45) is 0 Å². The van der Waals surface area contributed by atoms with Gasteiger partial charge in [0.2, 0.25) is 0 Å². The van der Waals surface area contributed by atoms with E-state index in [0.717, 1.165) is 0 Å². The predicted octanol–water partition coefficient (Wildman–Crippen LogP) is 2.21. The molecule has 0 saturated heterocycles. The number of amides is 2. The van der Waals surface area contributed by atoms with E-state index < -0.39 is 37.5 Å². The number of rotatable bonds is 9. The van der Waals surface area contributed by atoms with Crippen LogP contribution < -0.4 is 20.1 Å². The number of hydrogen-bond acceptors (Lipinski definition) is 6. The van der Waals surface area contributed by atoms with Crippen LogP contribution in [0.25, 0.3) is 0 Å². The van der Waals surface area contributed by atoms with Crippen molar-refractivity contribution < 1.29 is 37.4 Å². The van der Waals surface area contributed by atoms with Gasteiger partial charge in [0.15, 0.2) is 6.61 Å². The minimum absolute atomic E-state index is 0.170. The number of nitrogens with one attached hydrogen (secondary N) is 2. The van der Waals surface area contributed by atoms with Gasteiger partial charge in [0, 0.05) is 11.8 Å². The number of hydrogen-bond donors (Lipinski definition) is 2. The lowest BCUT2D eigenvalue weighted by Gasteiger charge is -2.11. The smallest absolute Gasteiger partial charge is 0.387 e. The molecular formula is C19H18F2N2O6. The Balaban J connectivity index is 1.79. The third kappa shape index (κ3) is 7.09. The lowest BCUT2D eigenvalue weighted by Crippen LogP contribution is -2.32. The van der Waals surface area contributed by atoms with Crippen molar-refractivity contribution in [2.75, 3.05) is 25.6 Å². The van der Waals surface area contributed by atoms with Crippen molar-refractivity contribution in [3.8, 4) is 11.5 Å². The number of benzene rings is 2. The molecule has 0 atom stereocenters. The van der Waals surface area contributed by atoms with Crippen LogP contribution in [0.2, 0.25) is 0 Å². The number of alkyl halides is 2. The maximum Gasteiger partial charge on any atom is 0.387 e. The minimum Gasteiger partial charge on any atom is -0.497 e. The molecule has 2 aromatic rings. The largest absolute Gasteiger partial charge is 0.497 e. The summed E-state index contributed by atoms with van der Waals surface area (Å²) in [5, 5.41) is 4.73. The Hall–Kier alpha value is -3.69. The standard InChI is InChI=1S/C19H18F2N2O6/c1-27-13-6-4-5-12(9-13)23-16(24)11-28-17(25)10-22-18(26)14-7-2-3-8-15(14)29-19(20)21/h2-9,19H,10-11H2,1H3,(H,22,26)(H,23,24). The van der Waals surface area contributed by atoms with Crippen LogP contribution in [0, 0.1) is 0 Å². The van der Waals surface area contributed by atoms with Crippen LogP contribution in [-0.4, -0.2) is 44.7 Å². The number of carbonyl (C=O) groups excluding carboxylic acids is 3. The first kappa shape index (κ1) is 21.6. The third-order valence-electron chi connectivity index (χ3n) is 3.46. The Morgan fingerprint density at radius 2 is 1.83 bits per heavy atom. The summed E-state index contributed by atoms with van der Waals surface area (Å²) in [6.07, 6.45) is 0. The zero-order chi connectivity index (χ0) is 21.2. The summed E-state index contributed by atoms with van der Waals surface area (Å²) in [5.41, 5.74) is 0.283. The summed E-state index contributed by atoms with van der Waals surface area (Å²) in [6, 6.07) is 11.9. The number of methoxy groups -OCH3 is 1. The second kappa shape index (κ2) is 10.6. The molecule has 8 nitrogen and oxygen atoms in total. The van der Waals surface area contributed by atoms with Gasteiger partial charge < -0.3 is 24.8 Å². The second-order valence-electron chi connectivity index (χ2n) is 5.50. The lowest BCUT2D eigenvalue weighted by molar-refractivity contribution is -0.146. The molecule has 2 aromatic carbocycles. The van der Waals surface area contributed by atoms with Crippen LogP contribution in [0.5, 0.6) is 11.5 Å². The van der Waals surface area contributed by atoms with E-state index in [-0.39, 0.29) is 11.3 Å². The van der Waals surface area contributed by atoms with Crippen LogP contribution in [-0.2, 0) is 14.3 Å². The van der Waals surface area contributed by atoms with Gasteiger partial charge in [-0.25, -0.2) is 0 Å². The quantitative estimate of drug-likeness (QED) is 0.617. The summed E-state index contributed by atoms with van der Waals surface area (Å²) in [7, 11) is 1.48. The number of carbonyl (C=O) groups is 3. The maximum absolute atomic E-state index is 12.4. The van der Waals surface area contributed by atoms with Gasteiger partial charge >= 0.3 is 12.6 Å². The molecule has 0 aliphatic carbocycles. The van der Waals surface area contributed by atoms with E-state index in [2.05, 4.69) is 15.4 Å². The van der Waals surface area contributed by atoms with Crippen LogP contribution >= 0.6 is 0 Å². The number of anilines is 1. The Bertz CT molecular complexity index is 875. The maximum atomic E-state index is 12.4. The summed E-state index contributed by atoms with van der Waals surface area (Å²) in [6.45, 7) is -4.23. The highest BCUT2D eigenvalue weighted by Gasteiger charge is 2.16. The highest BCUT2D eigenvalue weighted by atomic mass is 19.3. The molecule has 0 heterocycles. The summed E-state index contributed by atoms with van der Waals surface area (Å²) >= 11 is 0. The highest BCUT2D eigenvalue weighted by Crippen LogP contribution is 2.20. The second-order valence-corrected chi connectivity index (χ2v) is 5.50. The molecule has 0 radical (unpaired) electrons. The fraction of sp³-hybridized carbons (Fsp3) is 0.211. The topological polar surface area (TPSA) is 103 Å². The van der Waals surface area contributed by atoms with E-state index in [4.69, 9.17) is 9.47 Å². The van der Waals surface area contributed by atoms with Crippen molar-refractivity contribution in [2.45, 2.75) is 6.61 Å². The molecule has 0 unspecified atom stereocenters. The Kier molecular flexibility index (Phi) is 7.89. The van der Waals surface area contributed by atoms with E-state index in [1.165, 1.54) is 31.4 Å². The summed E-state index contributed by atoms with van der Waals surface area (Å²) < 4.78 is 38.8. The van der Waals surface area contributed by atoms with Gasteiger partial charge in [0.1, 0.15) is 18.0 Å². The average Bonchev–Trinajstić information content (AvgIpc) is 2.70. The summed E-state index contributed by atoms with van der Waals surface area (Å²) in [5.74, 6) is -2.07. The molecule has 29 heavy (non-hydrogen) atoms. The number of para-hydroxylation sites is 1. The molecule has 0 bridgehead atoms. The van der Waals surface area contributed by atoms with Gasteiger partial charge in [0.25, 0.3) is 11.8 Å². The number of ether oxygens (including phenoxy) is 3. The van der Waals surface area contributed by atoms with E-state index in [1.807, 2.05) is 0 Å². The average molecular weight is 408 g/mol. The molecule has 0 saturated carbocycles. The van der Waals surface area contributed by atoms with Crippen molar-refractivity contribution in [1.29, 1.82) is 0 Å². The van der Waals surface area contributed by atoms with Gasteiger partial charge in [-0.15, -0.1) is 0 Å². The Morgan fingerprint density at radius 3 is 2.55 bits per heavy atom. The van der Waals surface area contributed by atoms with Gasteiger partial charge in [-0.1, -0.05) is 18.2 Å². The summed E-state index contributed by atoms with van der Waals surface area (Å²) in [4.78, 5) is 35.6. The van der Waals surface area contributed by atoms with Crippen molar-refractivity contribution in [1.82, 2.24) is 5.32 Å². The van der Waals surface area contributed by atoms with Gasteiger partial charge in [-0.2, -0.15) is 8.78 Å². The number of halogens is 2. The zero-order valence-corrected chi connectivity index (χ0v) is 15.3. The first-order valence-electron chi connectivity index (χ1n) is 8.30. The third-order valence-corrected chi connectivity index (χ3v) is 3.46. The monoisotopic (exact) mass is 408 g/mol. The van der Waals surface area contributed by atoms with Crippen molar-refractivity contribution in [3.05, 3.63) is 54.1 Å². The van der Waals surface area contributed by atoms with Crippen molar-refractivity contribution >= 4 is 23.5 Å². The molecule has 0 aliphatic rings. The fourth-order valence-corrected chi connectivity index (χ4v) is 2.20. The fourth-order valence-electron chi connectivity index (χ4n) is 2.20. The highest BCUT2D eigenvalue weighted by molar-refractivity contribution is 5.98. The van der Waals surface area contributed by atoms with E-state index in [9.17, 15) is 23.2 Å². The van der Waals surface area contributed by atoms with E-state index >= 15 is 0 Å². The van der Waals surface area contributed by atoms with Crippen molar-refractivity contribution in [3.63, 3.8) is 0 Å². The first-order valence-corrected chi connectivity index (χ1v) is 8.30. The van der Waals surface area contributed by atoms with Crippen LogP contribution in [0.15, 0.2) is 48.5 Å². The SMILES string of the molecule is COc1cccc(NC(=O)COC(=O)CNC(=O)c2ccccc2OC(F)F)c1. The molecule has 154 valence electrons. The molecule has 2 amide bonds.